The zero-order valence-corrected chi connectivity index (χ0v) is 10.7. The topological polar surface area (TPSA) is 26.3 Å². The van der Waals surface area contributed by atoms with Crippen LogP contribution in [0.5, 0.6) is 0 Å². The van der Waals surface area contributed by atoms with Gasteiger partial charge < -0.3 is 4.74 Å². The van der Waals surface area contributed by atoms with Crippen molar-refractivity contribution in [2.24, 2.45) is 0 Å². The number of halogens is 1. The first-order chi connectivity index (χ1) is 7.66. The summed E-state index contributed by atoms with van der Waals surface area (Å²) in [4.78, 5) is 11.7. The van der Waals surface area contributed by atoms with E-state index in [1.54, 1.807) is 0 Å². The molecule has 0 aromatic carbocycles. The fraction of sp³-hybridized carbons (Fsp3) is 0.154. The normalized spacial score (nSPS) is 10.4. The van der Waals surface area contributed by atoms with Gasteiger partial charge in [-0.05, 0) is 39.5 Å². The van der Waals surface area contributed by atoms with Crippen LogP contribution in [0.2, 0.25) is 0 Å². The number of carbonyl (C=O) groups excluding carboxylic acids is 1. The van der Waals surface area contributed by atoms with Crippen LogP contribution in [0.3, 0.4) is 0 Å². The molecule has 82 valence electrons. The van der Waals surface area contributed by atoms with E-state index in [4.69, 9.17) is 4.74 Å². The van der Waals surface area contributed by atoms with Crippen molar-refractivity contribution in [2.45, 2.75) is 6.92 Å². The summed E-state index contributed by atoms with van der Waals surface area (Å²) in [6.07, 6.45) is 0. The lowest BCUT2D eigenvalue weighted by molar-refractivity contribution is 0.0601. The van der Waals surface area contributed by atoms with Gasteiger partial charge in [0, 0.05) is 4.47 Å². The van der Waals surface area contributed by atoms with E-state index in [0.717, 1.165) is 21.2 Å². The van der Waals surface area contributed by atoms with E-state index in [1.807, 2.05) is 37.3 Å². The molecular weight excluding hydrogens is 268 g/mol. The quantitative estimate of drug-likeness (QED) is 0.745. The van der Waals surface area contributed by atoms with Crippen molar-refractivity contribution in [1.82, 2.24) is 0 Å². The minimum atomic E-state index is -0.292. The van der Waals surface area contributed by atoms with Crippen molar-refractivity contribution in [3.63, 3.8) is 0 Å². The van der Waals surface area contributed by atoms with Crippen LogP contribution in [0.1, 0.15) is 15.9 Å². The number of methoxy groups -OCH3 is 1. The molecule has 2 nitrogen and oxygen atoms in total. The van der Waals surface area contributed by atoms with Gasteiger partial charge in [0.15, 0.2) is 0 Å². The summed E-state index contributed by atoms with van der Waals surface area (Å²) in [5.74, 6) is -0.292. The van der Waals surface area contributed by atoms with E-state index in [2.05, 4.69) is 15.9 Å². The van der Waals surface area contributed by atoms with Crippen LogP contribution in [0.15, 0.2) is 34.8 Å². The van der Waals surface area contributed by atoms with E-state index in [-0.39, 0.29) is 5.97 Å². The van der Waals surface area contributed by atoms with Gasteiger partial charge in [-0.25, -0.2) is 4.79 Å². The zero-order valence-electron chi connectivity index (χ0n) is 9.08. The highest BCUT2D eigenvalue weighted by molar-refractivity contribution is 9.10. The molecule has 0 amide bonds. The lowest BCUT2D eigenvalue weighted by atomic mass is 10.1. The molecule has 0 fully saturated rings. The predicted molar refractivity (Wildman–Crippen MR) is 66.8 cm³/mol. The van der Waals surface area contributed by atoms with Crippen molar-refractivity contribution in [1.29, 1.82) is 0 Å². The molecule has 0 spiro atoms. The molecule has 0 N–H and O–H groups in total. The summed E-state index contributed by atoms with van der Waals surface area (Å²) in [5.41, 5.74) is 3.51. The standard InChI is InChI=1S/C13H11BrO2/c1-8-11(13(15)16-2)9-6-4-3-5-7-10(9)12(8)14/h3-7H,1-2H3. The first-order valence-corrected chi connectivity index (χ1v) is 5.71. The summed E-state index contributed by atoms with van der Waals surface area (Å²) < 4.78 is 5.77. The molecule has 0 aliphatic heterocycles. The Kier molecular flexibility index (Phi) is 2.97. The monoisotopic (exact) mass is 278 g/mol. The van der Waals surface area contributed by atoms with Crippen LogP contribution >= 0.6 is 15.9 Å². The second-order valence-corrected chi connectivity index (χ2v) is 4.34. The summed E-state index contributed by atoms with van der Waals surface area (Å²) in [6, 6.07) is 9.72. The fourth-order valence-electron chi connectivity index (χ4n) is 1.84. The maximum Gasteiger partial charge on any atom is 0.338 e. The molecule has 2 aliphatic rings. The molecule has 0 saturated heterocycles. The minimum absolute atomic E-state index is 0.292. The van der Waals surface area contributed by atoms with Crippen LogP contribution in [-0.4, -0.2) is 13.1 Å². The van der Waals surface area contributed by atoms with Crippen LogP contribution in [-0.2, 0) is 4.74 Å². The van der Waals surface area contributed by atoms with Gasteiger partial charge in [-0.3, -0.25) is 0 Å². The van der Waals surface area contributed by atoms with Gasteiger partial charge in [0.1, 0.15) is 0 Å². The van der Waals surface area contributed by atoms with Gasteiger partial charge >= 0.3 is 5.97 Å². The number of esters is 1. The molecule has 0 aromatic heterocycles. The second-order valence-electron chi connectivity index (χ2n) is 3.54. The third-order valence-corrected chi connectivity index (χ3v) is 3.66. The molecule has 0 atom stereocenters. The molecule has 2 rings (SSSR count). The molecule has 0 radical (unpaired) electrons. The molecule has 2 aliphatic carbocycles. The largest absolute Gasteiger partial charge is 0.465 e. The Morgan fingerprint density at radius 1 is 1.19 bits per heavy atom. The SMILES string of the molecule is COC(=O)c1c2cccccc-2c(Br)c1C. The predicted octanol–water partition coefficient (Wildman–Crippen LogP) is 3.65. The molecule has 0 bridgehead atoms. The maximum absolute atomic E-state index is 11.7. The maximum atomic E-state index is 11.7. The minimum Gasteiger partial charge on any atom is -0.465 e. The number of fused-ring (bicyclic) bond motifs is 1. The van der Waals surface area contributed by atoms with Gasteiger partial charge in [-0.1, -0.05) is 30.3 Å². The van der Waals surface area contributed by atoms with Crippen molar-refractivity contribution < 1.29 is 9.53 Å². The molecule has 3 heteroatoms. The van der Waals surface area contributed by atoms with E-state index in [1.165, 1.54) is 7.11 Å². The first-order valence-electron chi connectivity index (χ1n) is 4.92. The summed E-state index contributed by atoms with van der Waals surface area (Å²) in [6.45, 7) is 1.91. The van der Waals surface area contributed by atoms with Gasteiger partial charge in [0.05, 0.1) is 12.7 Å². The first kappa shape index (κ1) is 11.1. The average Bonchev–Trinajstić information content (AvgIpc) is 2.50. The lowest BCUT2D eigenvalue weighted by Gasteiger charge is -2.00. The molecular formula is C13H11BrO2. The van der Waals surface area contributed by atoms with E-state index >= 15 is 0 Å². The van der Waals surface area contributed by atoms with E-state index < -0.39 is 0 Å². The Morgan fingerprint density at radius 2 is 1.81 bits per heavy atom. The van der Waals surface area contributed by atoms with Gasteiger partial charge in [-0.15, -0.1) is 0 Å². The van der Waals surface area contributed by atoms with Crippen molar-refractivity contribution >= 4 is 21.9 Å². The number of rotatable bonds is 1. The molecule has 0 saturated carbocycles. The number of hydrogen-bond donors (Lipinski definition) is 0. The van der Waals surface area contributed by atoms with E-state index in [0.29, 0.717) is 5.56 Å². The highest BCUT2D eigenvalue weighted by atomic mass is 79.9. The van der Waals surface area contributed by atoms with E-state index in [9.17, 15) is 4.79 Å². The Hall–Kier alpha value is -1.35. The smallest absolute Gasteiger partial charge is 0.338 e. The summed E-state index contributed by atoms with van der Waals surface area (Å²) in [5, 5.41) is 0. The third-order valence-electron chi connectivity index (χ3n) is 2.64. The molecule has 0 heterocycles. The second kappa shape index (κ2) is 4.26. The Morgan fingerprint density at radius 3 is 2.44 bits per heavy atom. The van der Waals surface area contributed by atoms with Crippen LogP contribution in [0, 0.1) is 6.92 Å². The molecule has 16 heavy (non-hydrogen) atoms. The van der Waals surface area contributed by atoms with Crippen LogP contribution in [0.4, 0.5) is 0 Å². The van der Waals surface area contributed by atoms with Crippen molar-refractivity contribution in [3.8, 4) is 11.1 Å². The zero-order chi connectivity index (χ0) is 11.7. The summed E-state index contributed by atoms with van der Waals surface area (Å²) in [7, 11) is 1.40. The third kappa shape index (κ3) is 1.61. The van der Waals surface area contributed by atoms with Gasteiger partial charge in [-0.2, -0.15) is 0 Å². The highest BCUT2D eigenvalue weighted by Gasteiger charge is 2.23. The fourth-order valence-corrected chi connectivity index (χ4v) is 2.38. The van der Waals surface area contributed by atoms with Crippen molar-refractivity contribution in [2.75, 3.05) is 7.11 Å². The van der Waals surface area contributed by atoms with Crippen LogP contribution < -0.4 is 0 Å². The van der Waals surface area contributed by atoms with Gasteiger partial charge in [0.2, 0.25) is 0 Å². The average molecular weight is 279 g/mol. The highest BCUT2D eigenvalue weighted by Crippen LogP contribution is 2.39. The lowest BCUT2D eigenvalue weighted by Crippen LogP contribution is -2.02. The Labute approximate surface area is 103 Å². The van der Waals surface area contributed by atoms with Crippen LogP contribution in [0.25, 0.3) is 11.1 Å². The Bertz CT molecular complexity index is 520. The number of hydrogen-bond acceptors (Lipinski definition) is 2. The summed E-state index contributed by atoms with van der Waals surface area (Å²) >= 11 is 3.51. The Balaban J connectivity index is 2.78. The number of carbonyl (C=O) groups is 1. The molecule has 0 unspecified atom stereocenters. The van der Waals surface area contributed by atoms with Gasteiger partial charge in [0.25, 0.3) is 0 Å². The number of ether oxygens (including phenoxy) is 1. The molecule has 0 aromatic rings. The van der Waals surface area contributed by atoms with Crippen molar-refractivity contribution in [3.05, 3.63) is 45.9 Å².